The van der Waals surface area contributed by atoms with Gasteiger partial charge in [0, 0.05) is 23.4 Å². The molecular formula is C14H18BrN3. The Balaban J connectivity index is 1.77. The maximum Gasteiger partial charge on any atom is 0.138 e. The van der Waals surface area contributed by atoms with Gasteiger partial charge in [0.25, 0.3) is 0 Å². The maximum absolute atomic E-state index is 4.69. The number of hydrogen-bond acceptors (Lipinski definition) is 2. The number of halogens is 1. The van der Waals surface area contributed by atoms with E-state index in [1.807, 2.05) is 6.07 Å². The molecule has 18 heavy (non-hydrogen) atoms. The summed E-state index contributed by atoms with van der Waals surface area (Å²) in [4.78, 5) is 7.22. The number of imidazole rings is 1. The molecular weight excluding hydrogens is 290 g/mol. The molecule has 3 rings (SSSR count). The molecule has 0 aromatic carbocycles. The fraction of sp³-hybridized carbons (Fsp3) is 0.500. The van der Waals surface area contributed by atoms with Crippen molar-refractivity contribution in [1.82, 2.24) is 14.3 Å². The Kier molecular flexibility index (Phi) is 3.66. The van der Waals surface area contributed by atoms with Crippen LogP contribution >= 0.6 is 15.9 Å². The molecule has 0 saturated carbocycles. The largest absolute Gasteiger partial charge is 0.307 e. The molecule has 96 valence electrons. The first-order valence-electron chi connectivity index (χ1n) is 6.67. The maximum atomic E-state index is 4.69. The highest BCUT2D eigenvalue weighted by Gasteiger charge is 2.11. The molecule has 0 bridgehead atoms. The van der Waals surface area contributed by atoms with E-state index in [0.29, 0.717) is 0 Å². The van der Waals surface area contributed by atoms with Crippen molar-refractivity contribution in [2.45, 2.75) is 32.2 Å². The van der Waals surface area contributed by atoms with E-state index in [4.69, 9.17) is 0 Å². The molecule has 1 aliphatic heterocycles. The molecule has 3 nitrogen and oxygen atoms in total. The zero-order valence-corrected chi connectivity index (χ0v) is 12.1. The molecule has 2 aromatic heterocycles. The molecule has 0 amide bonds. The third-order valence-electron chi connectivity index (χ3n) is 3.56. The molecule has 0 unspecified atom stereocenters. The SMILES string of the molecule is Brc1ccn2cc(CN3CCCCCC3)nc2c1. The van der Waals surface area contributed by atoms with Crippen molar-refractivity contribution in [2.24, 2.45) is 0 Å². The summed E-state index contributed by atoms with van der Waals surface area (Å²) < 4.78 is 3.18. The predicted molar refractivity (Wildman–Crippen MR) is 76.6 cm³/mol. The molecule has 0 atom stereocenters. The van der Waals surface area contributed by atoms with E-state index in [1.165, 1.54) is 44.5 Å². The summed E-state index contributed by atoms with van der Waals surface area (Å²) in [6.07, 6.45) is 9.63. The second-order valence-electron chi connectivity index (χ2n) is 5.03. The highest BCUT2D eigenvalue weighted by Crippen LogP contribution is 2.16. The molecule has 0 spiro atoms. The van der Waals surface area contributed by atoms with Crippen LogP contribution in [0.15, 0.2) is 29.0 Å². The summed E-state index contributed by atoms with van der Waals surface area (Å²) in [5.41, 5.74) is 2.20. The van der Waals surface area contributed by atoms with E-state index in [0.717, 1.165) is 16.7 Å². The van der Waals surface area contributed by atoms with Crippen LogP contribution in [0.5, 0.6) is 0 Å². The quantitative estimate of drug-likeness (QED) is 0.847. The number of nitrogens with zero attached hydrogens (tertiary/aromatic N) is 3. The van der Waals surface area contributed by atoms with E-state index in [1.54, 1.807) is 0 Å². The van der Waals surface area contributed by atoms with Crippen LogP contribution in [0.25, 0.3) is 5.65 Å². The Labute approximate surface area is 116 Å². The van der Waals surface area contributed by atoms with Crippen LogP contribution in [0.1, 0.15) is 31.4 Å². The van der Waals surface area contributed by atoms with Crippen LogP contribution in [-0.2, 0) is 6.54 Å². The number of aromatic nitrogens is 2. The Morgan fingerprint density at radius 2 is 1.94 bits per heavy atom. The van der Waals surface area contributed by atoms with Gasteiger partial charge in [-0.25, -0.2) is 4.98 Å². The zero-order valence-electron chi connectivity index (χ0n) is 10.5. The number of rotatable bonds is 2. The summed E-state index contributed by atoms with van der Waals surface area (Å²) in [5.74, 6) is 0. The average Bonchev–Trinajstić information content (AvgIpc) is 2.57. The minimum atomic E-state index is 0.985. The fourth-order valence-electron chi connectivity index (χ4n) is 2.61. The Hall–Kier alpha value is -0.870. The number of likely N-dealkylation sites (tertiary alicyclic amines) is 1. The van der Waals surface area contributed by atoms with Gasteiger partial charge in [0.15, 0.2) is 0 Å². The lowest BCUT2D eigenvalue weighted by Gasteiger charge is -2.17. The van der Waals surface area contributed by atoms with Gasteiger partial charge in [0.2, 0.25) is 0 Å². The van der Waals surface area contributed by atoms with Crippen molar-refractivity contribution < 1.29 is 0 Å². The van der Waals surface area contributed by atoms with E-state index < -0.39 is 0 Å². The molecule has 0 aliphatic carbocycles. The second-order valence-corrected chi connectivity index (χ2v) is 5.95. The van der Waals surface area contributed by atoms with Gasteiger partial charge in [-0.2, -0.15) is 0 Å². The predicted octanol–water partition coefficient (Wildman–Crippen LogP) is 3.47. The summed E-state index contributed by atoms with van der Waals surface area (Å²) in [6.45, 7) is 3.43. The number of fused-ring (bicyclic) bond motifs is 1. The minimum Gasteiger partial charge on any atom is -0.307 e. The van der Waals surface area contributed by atoms with E-state index in [-0.39, 0.29) is 0 Å². The molecule has 4 heteroatoms. The van der Waals surface area contributed by atoms with Crippen LogP contribution in [0.4, 0.5) is 0 Å². The fourth-order valence-corrected chi connectivity index (χ4v) is 2.93. The average molecular weight is 308 g/mol. The minimum absolute atomic E-state index is 0.985. The summed E-state index contributed by atoms with van der Waals surface area (Å²) >= 11 is 3.49. The molecule has 0 radical (unpaired) electrons. The van der Waals surface area contributed by atoms with Crippen molar-refractivity contribution in [2.75, 3.05) is 13.1 Å². The van der Waals surface area contributed by atoms with Gasteiger partial charge in [-0.05, 0) is 38.1 Å². The van der Waals surface area contributed by atoms with E-state index in [9.17, 15) is 0 Å². The lowest BCUT2D eigenvalue weighted by molar-refractivity contribution is 0.274. The summed E-state index contributed by atoms with van der Waals surface area (Å²) in [6, 6.07) is 4.11. The summed E-state index contributed by atoms with van der Waals surface area (Å²) in [7, 11) is 0. The Morgan fingerprint density at radius 3 is 2.72 bits per heavy atom. The molecule has 1 aliphatic rings. The monoisotopic (exact) mass is 307 g/mol. The van der Waals surface area contributed by atoms with Crippen LogP contribution < -0.4 is 0 Å². The molecule has 3 heterocycles. The highest BCUT2D eigenvalue weighted by molar-refractivity contribution is 9.10. The van der Waals surface area contributed by atoms with Crippen LogP contribution in [0, 0.1) is 0 Å². The number of hydrogen-bond donors (Lipinski definition) is 0. The first-order chi connectivity index (χ1) is 8.81. The van der Waals surface area contributed by atoms with Gasteiger partial charge in [-0.3, -0.25) is 4.90 Å². The van der Waals surface area contributed by atoms with E-state index >= 15 is 0 Å². The van der Waals surface area contributed by atoms with Crippen molar-refractivity contribution in [1.29, 1.82) is 0 Å². The van der Waals surface area contributed by atoms with Crippen molar-refractivity contribution >= 4 is 21.6 Å². The second kappa shape index (κ2) is 5.41. The first-order valence-corrected chi connectivity index (χ1v) is 7.46. The standard InChI is InChI=1S/C14H18BrN3/c15-12-5-8-18-11-13(16-14(18)9-12)10-17-6-3-1-2-4-7-17/h5,8-9,11H,1-4,6-7,10H2. The van der Waals surface area contributed by atoms with Crippen molar-refractivity contribution in [3.8, 4) is 0 Å². The summed E-state index contributed by atoms with van der Waals surface area (Å²) in [5, 5.41) is 0. The third kappa shape index (κ3) is 2.75. The van der Waals surface area contributed by atoms with Crippen molar-refractivity contribution in [3.05, 3.63) is 34.7 Å². The molecule has 1 saturated heterocycles. The first kappa shape index (κ1) is 12.2. The zero-order chi connectivity index (χ0) is 12.4. The lowest BCUT2D eigenvalue weighted by Crippen LogP contribution is -2.24. The molecule has 1 fully saturated rings. The number of pyridine rings is 1. The van der Waals surface area contributed by atoms with Gasteiger partial charge >= 0.3 is 0 Å². The van der Waals surface area contributed by atoms with Gasteiger partial charge in [0.05, 0.1) is 5.69 Å². The lowest BCUT2D eigenvalue weighted by atomic mass is 10.2. The third-order valence-corrected chi connectivity index (χ3v) is 4.05. The molecule has 2 aromatic rings. The Morgan fingerprint density at radius 1 is 1.17 bits per heavy atom. The van der Waals surface area contributed by atoms with Crippen LogP contribution in [0.2, 0.25) is 0 Å². The van der Waals surface area contributed by atoms with Crippen LogP contribution in [0.3, 0.4) is 0 Å². The van der Waals surface area contributed by atoms with Gasteiger partial charge in [0.1, 0.15) is 5.65 Å². The van der Waals surface area contributed by atoms with E-state index in [2.05, 4.69) is 48.7 Å². The molecule has 0 N–H and O–H groups in total. The Bertz CT molecular complexity index is 527. The smallest absolute Gasteiger partial charge is 0.138 e. The van der Waals surface area contributed by atoms with Crippen LogP contribution in [-0.4, -0.2) is 27.4 Å². The van der Waals surface area contributed by atoms with Crippen molar-refractivity contribution in [3.63, 3.8) is 0 Å². The normalized spacial score (nSPS) is 18.1. The topological polar surface area (TPSA) is 20.5 Å². The highest BCUT2D eigenvalue weighted by atomic mass is 79.9. The van der Waals surface area contributed by atoms with Gasteiger partial charge in [-0.15, -0.1) is 0 Å². The van der Waals surface area contributed by atoms with Gasteiger partial charge < -0.3 is 4.40 Å². The van der Waals surface area contributed by atoms with Gasteiger partial charge in [-0.1, -0.05) is 28.8 Å².